The highest BCUT2D eigenvalue weighted by molar-refractivity contribution is 7.09. The number of rotatable bonds is 4. The zero-order valence-corrected chi connectivity index (χ0v) is 10.8. The fraction of sp³-hybridized carbons (Fsp3) is 0.308. The molecule has 17 heavy (non-hydrogen) atoms. The molecule has 1 N–H and O–H groups in total. The van der Waals surface area contributed by atoms with E-state index in [0.29, 0.717) is 12.1 Å². The maximum Gasteiger partial charge on any atom is 0.128 e. The molecule has 4 heteroatoms. The number of nitrogens with zero attached hydrogens (tertiary/aromatic N) is 1. The van der Waals surface area contributed by atoms with Crippen LogP contribution in [0.5, 0.6) is 0 Å². The first-order valence-corrected chi connectivity index (χ1v) is 6.51. The lowest BCUT2D eigenvalue weighted by atomic mass is 10.2. The molecule has 0 aliphatic rings. The predicted octanol–water partition coefficient (Wildman–Crippen LogP) is 3.77. The second-order valence-electron chi connectivity index (χ2n) is 3.85. The Hall–Kier alpha value is -1.42. The molecule has 2 nitrogen and oxygen atoms in total. The van der Waals surface area contributed by atoms with Crippen molar-refractivity contribution in [3.8, 4) is 0 Å². The molecule has 1 aromatic heterocycles. The van der Waals surface area contributed by atoms with Crippen LogP contribution in [-0.2, 0) is 13.0 Å². The van der Waals surface area contributed by atoms with Crippen LogP contribution in [0.4, 0.5) is 10.1 Å². The van der Waals surface area contributed by atoms with Crippen molar-refractivity contribution in [3.63, 3.8) is 0 Å². The molecule has 0 amide bonds. The highest BCUT2D eigenvalue weighted by Crippen LogP contribution is 2.18. The summed E-state index contributed by atoms with van der Waals surface area (Å²) in [6.45, 7) is 4.50. The Morgan fingerprint density at radius 1 is 1.41 bits per heavy atom. The zero-order valence-electron chi connectivity index (χ0n) is 9.96. The summed E-state index contributed by atoms with van der Waals surface area (Å²) in [5, 5.41) is 6.39. The minimum absolute atomic E-state index is 0.178. The van der Waals surface area contributed by atoms with Crippen LogP contribution >= 0.6 is 11.3 Å². The van der Waals surface area contributed by atoms with E-state index in [1.165, 1.54) is 6.07 Å². The maximum atomic E-state index is 13.3. The number of thiazole rings is 1. The van der Waals surface area contributed by atoms with E-state index in [0.717, 1.165) is 22.8 Å². The number of hydrogen-bond acceptors (Lipinski definition) is 3. The molecule has 0 saturated carbocycles. The van der Waals surface area contributed by atoms with Crippen LogP contribution in [0, 0.1) is 12.7 Å². The third-order valence-corrected chi connectivity index (χ3v) is 3.67. The standard InChI is InChI=1S/C13H15FN2S/c1-3-13-16-10(8-17-13)7-15-12-6-4-5-11(14)9(12)2/h4-6,8,15H,3,7H2,1-2H3. The van der Waals surface area contributed by atoms with Crippen molar-refractivity contribution < 1.29 is 4.39 Å². The number of hydrogen-bond donors (Lipinski definition) is 1. The van der Waals surface area contributed by atoms with Gasteiger partial charge in [0.25, 0.3) is 0 Å². The van der Waals surface area contributed by atoms with Crippen LogP contribution in [-0.4, -0.2) is 4.98 Å². The topological polar surface area (TPSA) is 24.9 Å². The Morgan fingerprint density at radius 2 is 2.24 bits per heavy atom. The number of nitrogens with one attached hydrogen (secondary N) is 1. The summed E-state index contributed by atoms with van der Waals surface area (Å²) < 4.78 is 13.3. The van der Waals surface area contributed by atoms with Crippen molar-refractivity contribution in [2.45, 2.75) is 26.8 Å². The van der Waals surface area contributed by atoms with Crippen molar-refractivity contribution >= 4 is 17.0 Å². The third-order valence-electron chi connectivity index (χ3n) is 2.63. The van der Waals surface area contributed by atoms with Gasteiger partial charge in [0, 0.05) is 16.6 Å². The normalized spacial score (nSPS) is 10.5. The molecule has 1 aromatic carbocycles. The van der Waals surface area contributed by atoms with E-state index in [1.807, 2.05) is 11.4 Å². The van der Waals surface area contributed by atoms with Gasteiger partial charge in [-0.15, -0.1) is 11.3 Å². The van der Waals surface area contributed by atoms with Gasteiger partial charge in [0.2, 0.25) is 0 Å². The highest BCUT2D eigenvalue weighted by atomic mass is 32.1. The SMILES string of the molecule is CCc1nc(CNc2cccc(F)c2C)cs1. The Morgan fingerprint density at radius 3 is 2.94 bits per heavy atom. The Bertz CT molecular complexity index is 508. The summed E-state index contributed by atoms with van der Waals surface area (Å²) in [5.41, 5.74) is 2.49. The first-order valence-electron chi connectivity index (χ1n) is 5.63. The third kappa shape index (κ3) is 2.82. The molecule has 1 heterocycles. The summed E-state index contributed by atoms with van der Waals surface area (Å²) in [5.74, 6) is -0.178. The first kappa shape index (κ1) is 12.0. The van der Waals surface area contributed by atoms with Crippen LogP contribution in [0.2, 0.25) is 0 Å². The molecule has 0 spiro atoms. The average molecular weight is 250 g/mol. The van der Waals surface area contributed by atoms with Crippen molar-refractivity contribution in [3.05, 3.63) is 45.7 Å². The number of anilines is 1. The van der Waals surface area contributed by atoms with E-state index < -0.39 is 0 Å². The van der Waals surface area contributed by atoms with Gasteiger partial charge >= 0.3 is 0 Å². The molecule has 90 valence electrons. The number of aryl methyl sites for hydroxylation is 1. The van der Waals surface area contributed by atoms with Crippen LogP contribution in [0.1, 0.15) is 23.2 Å². The van der Waals surface area contributed by atoms with Gasteiger partial charge in [0.05, 0.1) is 17.2 Å². The zero-order chi connectivity index (χ0) is 12.3. The van der Waals surface area contributed by atoms with E-state index in [2.05, 4.69) is 17.2 Å². The van der Waals surface area contributed by atoms with Gasteiger partial charge in [0.15, 0.2) is 0 Å². The molecule has 0 unspecified atom stereocenters. The minimum Gasteiger partial charge on any atom is -0.379 e. The second-order valence-corrected chi connectivity index (χ2v) is 4.79. The van der Waals surface area contributed by atoms with Crippen LogP contribution in [0.3, 0.4) is 0 Å². The van der Waals surface area contributed by atoms with E-state index in [4.69, 9.17) is 0 Å². The molecule has 2 aromatic rings. The lowest BCUT2D eigenvalue weighted by molar-refractivity contribution is 0.619. The van der Waals surface area contributed by atoms with E-state index in [9.17, 15) is 4.39 Å². The van der Waals surface area contributed by atoms with Crippen molar-refractivity contribution in [1.29, 1.82) is 0 Å². The van der Waals surface area contributed by atoms with Crippen molar-refractivity contribution in [2.24, 2.45) is 0 Å². The molecule has 0 bridgehead atoms. The van der Waals surface area contributed by atoms with Crippen molar-refractivity contribution in [2.75, 3.05) is 5.32 Å². The largest absolute Gasteiger partial charge is 0.379 e. The van der Waals surface area contributed by atoms with E-state index in [-0.39, 0.29) is 5.82 Å². The molecule has 0 radical (unpaired) electrons. The Balaban J connectivity index is 2.04. The lowest BCUT2D eigenvalue weighted by Gasteiger charge is -2.08. The summed E-state index contributed by atoms with van der Waals surface area (Å²) in [7, 11) is 0. The van der Waals surface area contributed by atoms with E-state index in [1.54, 1.807) is 24.3 Å². The smallest absolute Gasteiger partial charge is 0.128 e. The number of halogens is 1. The number of aromatic nitrogens is 1. The quantitative estimate of drug-likeness (QED) is 0.893. The van der Waals surface area contributed by atoms with Crippen molar-refractivity contribution in [1.82, 2.24) is 4.98 Å². The Kier molecular flexibility index (Phi) is 3.74. The van der Waals surface area contributed by atoms with Gasteiger partial charge in [-0.1, -0.05) is 13.0 Å². The van der Waals surface area contributed by atoms with Crippen LogP contribution in [0.15, 0.2) is 23.6 Å². The summed E-state index contributed by atoms with van der Waals surface area (Å²) >= 11 is 1.67. The van der Waals surface area contributed by atoms with Gasteiger partial charge in [-0.25, -0.2) is 9.37 Å². The monoisotopic (exact) mass is 250 g/mol. The molecular weight excluding hydrogens is 235 g/mol. The molecule has 0 saturated heterocycles. The van der Waals surface area contributed by atoms with Crippen LogP contribution in [0.25, 0.3) is 0 Å². The first-order chi connectivity index (χ1) is 8.20. The predicted molar refractivity (Wildman–Crippen MR) is 70.0 cm³/mol. The molecule has 0 aliphatic heterocycles. The van der Waals surface area contributed by atoms with Crippen LogP contribution < -0.4 is 5.32 Å². The molecular formula is C13H15FN2S. The summed E-state index contributed by atoms with van der Waals surface area (Å²) in [6.07, 6.45) is 0.962. The lowest BCUT2D eigenvalue weighted by Crippen LogP contribution is -2.02. The van der Waals surface area contributed by atoms with Gasteiger partial charge in [-0.05, 0) is 25.5 Å². The molecule has 0 aliphatic carbocycles. The van der Waals surface area contributed by atoms with Gasteiger partial charge in [0.1, 0.15) is 5.82 Å². The molecule has 2 rings (SSSR count). The fourth-order valence-corrected chi connectivity index (χ4v) is 2.32. The minimum atomic E-state index is -0.178. The van der Waals surface area contributed by atoms with Gasteiger partial charge in [-0.3, -0.25) is 0 Å². The average Bonchev–Trinajstić information content (AvgIpc) is 2.79. The van der Waals surface area contributed by atoms with Gasteiger partial charge in [-0.2, -0.15) is 0 Å². The summed E-state index contributed by atoms with van der Waals surface area (Å²) in [6, 6.07) is 5.06. The van der Waals surface area contributed by atoms with E-state index >= 15 is 0 Å². The summed E-state index contributed by atoms with van der Waals surface area (Å²) in [4.78, 5) is 4.46. The highest BCUT2D eigenvalue weighted by Gasteiger charge is 2.04. The maximum absolute atomic E-state index is 13.3. The van der Waals surface area contributed by atoms with Gasteiger partial charge < -0.3 is 5.32 Å². The molecule has 0 atom stereocenters. The Labute approximate surface area is 105 Å². The fourth-order valence-electron chi connectivity index (χ4n) is 1.58. The molecule has 0 fully saturated rings. The second kappa shape index (κ2) is 5.27. The number of benzene rings is 1.